The SMILES string of the molecule is c1ccc(-c2ccc(N(c3ccccc3)c3ccc(-n4c5cccc6c7ccccc7n7c8ccc9ccccc9c8c8ccc4c(c65)c87)cc3)cc2)cc1. The van der Waals surface area contributed by atoms with Crippen LogP contribution in [0.4, 0.5) is 17.1 Å². The Morgan fingerprint density at radius 1 is 0.309 bits per heavy atom. The molecule has 0 atom stereocenters. The van der Waals surface area contributed by atoms with Crippen molar-refractivity contribution in [2.75, 3.05) is 4.90 Å². The van der Waals surface area contributed by atoms with Crippen LogP contribution in [0, 0.1) is 0 Å². The van der Waals surface area contributed by atoms with Crippen molar-refractivity contribution in [3.8, 4) is 16.8 Å². The number of hydrogen-bond acceptors (Lipinski definition) is 1. The van der Waals surface area contributed by atoms with Gasteiger partial charge in [-0.3, -0.25) is 0 Å². The molecule has 0 bridgehead atoms. The van der Waals surface area contributed by atoms with Crippen LogP contribution in [-0.2, 0) is 0 Å². The van der Waals surface area contributed by atoms with E-state index in [1.807, 2.05) is 0 Å². The first-order valence-corrected chi connectivity index (χ1v) is 18.9. The fourth-order valence-electron chi connectivity index (χ4n) is 9.27. The summed E-state index contributed by atoms with van der Waals surface area (Å²) < 4.78 is 5.00. The third kappa shape index (κ3) is 4.32. The van der Waals surface area contributed by atoms with Crippen molar-refractivity contribution in [3.63, 3.8) is 0 Å². The van der Waals surface area contributed by atoms with E-state index in [1.54, 1.807) is 0 Å². The molecule has 3 heterocycles. The number of fused-ring (bicyclic) bond motifs is 8. The maximum atomic E-state index is 2.53. The second kappa shape index (κ2) is 11.6. The first-order chi connectivity index (χ1) is 27.3. The Morgan fingerprint density at radius 2 is 0.891 bits per heavy atom. The van der Waals surface area contributed by atoms with Crippen molar-refractivity contribution < 1.29 is 0 Å². The number of rotatable bonds is 5. The van der Waals surface area contributed by atoms with E-state index < -0.39 is 0 Å². The van der Waals surface area contributed by atoms with Gasteiger partial charge < -0.3 is 13.9 Å². The number of anilines is 3. The minimum atomic E-state index is 1.10. The summed E-state index contributed by atoms with van der Waals surface area (Å²) in [5, 5.41) is 10.3. The van der Waals surface area contributed by atoms with Gasteiger partial charge in [-0.2, -0.15) is 0 Å². The van der Waals surface area contributed by atoms with E-state index in [2.05, 4.69) is 214 Å². The molecule has 0 amide bonds. The Kier molecular flexibility index (Phi) is 6.34. The zero-order chi connectivity index (χ0) is 36.0. The molecule has 12 aromatic rings. The van der Waals surface area contributed by atoms with Gasteiger partial charge in [0, 0.05) is 49.7 Å². The highest BCUT2D eigenvalue weighted by molar-refractivity contribution is 6.35. The van der Waals surface area contributed by atoms with Gasteiger partial charge in [-0.25, -0.2) is 0 Å². The number of aromatic nitrogens is 2. The topological polar surface area (TPSA) is 12.6 Å². The van der Waals surface area contributed by atoms with Crippen LogP contribution in [0.2, 0.25) is 0 Å². The van der Waals surface area contributed by atoms with Crippen molar-refractivity contribution in [1.29, 1.82) is 0 Å². The van der Waals surface area contributed by atoms with Crippen LogP contribution >= 0.6 is 0 Å². The van der Waals surface area contributed by atoms with Gasteiger partial charge in [0.15, 0.2) is 0 Å². The van der Waals surface area contributed by atoms with Crippen molar-refractivity contribution in [2.45, 2.75) is 0 Å². The zero-order valence-corrected chi connectivity index (χ0v) is 29.9. The summed E-state index contributed by atoms with van der Waals surface area (Å²) in [6.45, 7) is 0. The summed E-state index contributed by atoms with van der Waals surface area (Å²) in [4.78, 5) is 2.34. The summed E-state index contributed by atoms with van der Waals surface area (Å²) in [5.74, 6) is 0. The fourth-order valence-corrected chi connectivity index (χ4v) is 9.27. The predicted octanol–water partition coefficient (Wildman–Crippen LogP) is 14.2. The van der Waals surface area contributed by atoms with Crippen LogP contribution in [0.15, 0.2) is 200 Å². The molecule has 12 rings (SSSR count). The van der Waals surface area contributed by atoms with Crippen LogP contribution in [-0.4, -0.2) is 8.97 Å². The molecule has 0 saturated heterocycles. The standard InChI is InChI=1S/C52H33N3/c1-3-12-34(13-4-1)35-22-25-38(26-23-35)53(37-15-5-2-6-16-37)39-27-29-40(30-28-39)54-46-21-11-19-43-42-18-9-10-20-45(42)55-47-32-24-36-14-7-8-17-41(36)49(47)44-31-33-48(54)51(50(43)46)52(44)55/h1-33H. The molecule has 0 radical (unpaired) electrons. The van der Waals surface area contributed by atoms with Crippen molar-refractivity contribution >= 4 is 87.7 Å². The quantitative estimate of drug-likeness (QED) is 0.174. The third-order valence-corrected chi connectivity index (χ3v) is 11.6. The Bertz CT molecular complexity index is 3390. The average Bonchev–Trinajstić information content (AvgIpc) is 3.74. The lowest BCUT2D eigenvalue weighted by molar-refractivity contribution is 1.17. The highest BCUT2D eigenvalue weighted by Crippen LogP contribution is 2.46. The van der Waals surface area contributed by atoms with Gasteiger partial charge in [-0.1, -0.05) is 127 Å². The summed E-state index contributed by atoms with van der Waals surface area (Å²) in [5.41, 5.74) is 13.0. The molecule has 0 aliphatic rings. The van der Waals surface area contributed by atoms with E-state index >= 15 is 0 Å². The van der Waals surface area contributed by atoms with Gasteiger partial charge in [-0.15, -0.1) is 0 Å². The van der Waals surface area contributed by atoms with Gasteiger partial charge >= 0.3 is 0 Å². The van der Waals surface area contributed by atoms with Crippen LogP contribution in [0.5, 0.6) is 0 Å². The number of hydrogen-bond donors (Lipinski definition) is 0. The van der Waals surface area contributed by atoms with Gasteiger partial charge in [0.1, 0.15) is 0 Å². The molecule has 0 fully saturated rings. The van der Waals surface area contributed by atoms with E-state index in [0.717, 1.165) is 22.7 Å². The van der Waals surface area contributed by atoms with E-state index in [1.165, 1.54) is 81.8 Å². The lowest BCUT2D eigenvalue weighted by atomic mass is 10.0. The van der Waals surface area contributed by atoms with Crippen LogP contribution in [0.1, 0.15) is 0 Å². The second-order valence-corrected chi connectivity index (χ2v) is 14.5. The van der Waals surface area contributed by atoms with Crippen LogP contribution in [0.25, 0.3) is 87.5 Å². The maximum Gasteiger partial charge on any atom is 0.0642 e. The van der Waals surface area contributed by atoms with E-state index in [9.17, 15) is 0 Å². The van der Waals surface area contributed by atoms with Crippen LogP contribution in [0.3, 0.4) is 0 Å². The number of nitrogens with zero attached hydrogens (tertiary/aromatic N) is 3. The summed E-state index contributed by atoms with van der Waals surface area (Å²) in [6, 6.07) is 73.0. The van der Waals surface area contributed by atoms with E-state index in [4.69, 9.17) is 0 Å². The largest absolute Gasteiger partial charge is 0.311 e. The Labute approximate surface area is 317 Å². The van der Waals surface area contributed by atoms with Gasteiger partial charge in [0.25, 0.3) is 0 Å². The third-order valence-electron chi connectivity index (χ3n) is 11.6. The molecule has 3 aromatic heterocycles. The first kappa shape index (κ1) is 30.1. The minimum Gasteiger partial charge on any atom is -0.311 e. The minimum absolute atomic E-state index is 1.10. The molecular formula is C52H33N3. The van der Waals surface area contributed by atoms with Crippen LogP contribution < -0.4 is 4.90 Å². The van der Waals surface area contributed by atoms with Gasteiger partial charge in [-0.05, 0) is 100 Å². The lowest BCUT2D eigenvalue weighted by Gasteiger charge is -2.26. The molecule has 3 nitrogen and oxygen atoms in total. The van der Waals surface area contributed by atoms with Gasteiger partial charge in [0.2, 0.25) is 0 Å². The molecule has 0 saturated carbocycles. The molecule has 0 unspecified atom stereocenters. The molecule has 0 aliphatic heterocycles. The second-order valence-electron chi connectivity index (χ2n) is 14.5. The Morgan fingerprint density at radius 3 is 1.69 bits per heavy atom. The molecule has 55 heavy (non-hydrogen) atoms. The summed E-state index contributed by atoms with van der Waals surface area (Å²) in [7, 11) is 0. The Balaban J connectivity index is 1.09. The Hall–Kier alpha value is -7.36. The van der Waals surface area contributed by atoms with Crippen molar-refractivity contribution in [1.82, 2.24) is 8.97 Å². The molecule has 3 heteroatoms. The highest BCUT2D eigenvalue weighted by atomic mass is 15.1. The monoisotopic (exact) mass is 699 g/mol. The van der Waals surface area contributed by atoms with E-state index in [0.29, 0.717) is 0 Å². The molecule has 9 aromatic carbocycles. The molecular weight excluding hydrogens is 667 g/mol. The number of para-hydroxylation sites is 2. The van der Waals surface area contributed by atoms with Crippen molar-refractivity contribution in [2.24, 2.45) is 0 Å². The summed E-state index contributed by atoms with van der Waals surface area (Å²) in [6.07, 6.45) is 0. The first-order valence-electron chi connectivity index (χ1n) is 18.9. The highest BCUT2D eigenvalue weighted by Gasteiger charge is 2.24. The maximum absolute atomic E-state index is 2.53. The fraction of sp³-hybridized carbons (Fsp3) is 0. The normalized spacial score (nSPS) is 12.0. The lowest BCUT2D eigenvalue weighted by Crippen LogP contribution is -2.10. The smallest absolute Gasteiger partial charge is 0.0642 e. The molecule has 0 N–H and O–H groups in total. The predicted molar refractivity (Wildman–Crippen MR) is 233 cm³/mol. The molecule has 0 aliphatic carbocycles. The summed E-state index contributed by atoms with van der Waals surface area (Å²) >= 11 is 0. The molecule has 0 spiro atoms. The van der Waals surface area contributed by atoms with E-state index in [-0.39, 0.29) is 0 Å². The van der Waals surface area contributed by atoms with Gasteiger partial charge in [0.05, 0.1) is 27.6 Å². The number of benzene rings is 9. The average molecular weight is 700 g/mol. The molecule has 256 valence electrons. The van der Waals surface area contributed by atoms with Crippen molar-refractivity contribution in [3.05, 3.63) is 200 Å². The zero-order valence-electron chi connectivity index (χ0n) is 29.9.